The van der Waals surface area contributed by atoms with Crippen LogP contribution in [0.2, 0.25) is 0 Å². The summed E-state index contributed by atoms with van der Waals surface area (Å²) in [7, 11) is 1.69. The van der Waals surface area contributed by atoms with Crippen molar-refractivity contribution in [3.05, 3.63) is 12.2 Å². The fourth-order valence-electron chi connectivity index (χ4n) is 1.46. The third-order valence-corrected chi connectivity index (χ3v) is 2.41. The summed E-state index contributed by atoms with van der Waals surface area (Å²) in [6.45, 7) is 2.92. The van der Waals surface area contributed by atoms with Crippen LogP contribution in [-0.4, -0.2) is 37.1 Å². The van der Waals surface area contributed by atoms with Crippen molar-refractivity contribution in [2.45, 2.75) is 31.5 Å². The Balaban J connectivity index is 2.25. The molecule has 0 saturated carbocycles. The predicted octanol–water partition coefficient (Wildman–Crippen LogP) is 1.12. The van der Waals surface area contributed by atoms with Gasteiger partial charge in [0.2, 0.25) is 0 Å². The van der Waals surface area contributed by atoms with Gasteiger partial charge < -0.3 is 14.6 Å². The van der Waals surface area contributed by atoms with Crippen LogP contribution in [0.5, 0.6) is 0 Å². The fourth-order valence-corrected chi connectivity index (χ4v) is 1.46. The van der Waals surface area contributed by atoms with Gasteiger partial charge in [-0.2, -0.15) is 0 Å². The van der Waals surface area contributed by atoms with E-state index in [1.165, 1.54) is 0 Å². The van der Waals surface area contributed by atoms with Crippen LogP contribution >= 0.6 is 0 Å². The van der Waals surface area contributed by atoms with Crippen molar-refractivity contribution in [3.8, 4) is 0 Å². The molecule has 1 N–H and O–H groups in total. The van der Waals surface area contributed by atoms with E-state index in [2.05, 4.69) is 13.0 Å². The van der Waals surface area contributed by atoms with Crippen LogP contribution in [0.25, 0.3) is 0 Å². The van der Waals surface area contributed by atoms with E-state index in [4.69, 9.17) is 14.6 Å². The molecule has 0 radical (unpaired) electrons. The minimum absolute atomic E-state index is 0.0826. The number of methoxy groups -OCH3 is 1. The maximum absolute atomic E-state index is 8.56. The average Bonchev–Trinajstić information content (AvgIpc) is 2.72. The predicted molar refractivity (Wildman–Crippen MR) is 50.6 cm³/mol. The third-order valence-electron chi connectivity index (χ3n) is 2.41. The van der Waals surface area contributed by atoms with Gasteiger partial charge in [0.05, 0.1) is 12.7 Å². The van der Waals surface area contributed by atoms with Gasteiger partial charge in [-0.15, -0.1) is 0 Å². The van der Waals surface area contributed by atoms with E-state index in [1.54, 1.807) is 7.11 Å². The number of epoxide rings is 1. The molecule has 1 aliphatic heterocycles. The second kappa shape index (κ2) is 4.74. The summed E-state index contributed by atoms with van der Waals surface area (Å²) in [5.41, 5.74) is -0.0826. The molecule has 1 saturated heterocycles. The number of hydrogen-bond donors (Lipinski definition) is 1. The third kappa shape index (κ3) is 2.79. The van der Waals surface area contributed by atoms with Gasteiger partial charge in [0.1, 0.15) is 5.60 Å². The van der Waals surface area contributed by atoms with Gasteiger partial charge in [0, 0.05) is 13.7 Å². The molecule has 0 amide bonds. The highest BCUT2D eigenvalue weighted by Crippen LogP contribution is 2.39. The van der Waals surface area contributed by atoms with Crippen LogP contribution in [0.15, 0.2) is 12.2 Å². The standard InChI is InChI=1S/C10H18O3/c1-9-10(13-9,8-12-2)6-4-3-5-7-11/h3-4,9,11H,5-8H2,1-2H3/b4-3+/t9-,10+/m0/s1. The van der Waals surface area contributed by atoms with Crippen molar-refractivity contribution in [2.24, 2.45) is 0 Å². The lowest BCUT2D eigenvalue weighted by molar-refractivity contribution is 0.122. The average molecular weight is 186 g/mol. The Bertz CT molecular complexity index is 179. The van der Waals surface area contributed by atoms with Gasteiger partial charge in [-0.25, -0.2) is 0 Å². The molecule has 1 fully saturated rings. The van der Waals surface area contributed by atoms with Crippen molar-refractivity contribution in [2.75, 3.05) is 20.3 Å². The largest absolute Gasteiger partial charge is 0.396 e. The van der Waals surface area contributed by atoms with E-state index in [0.717, 1.165) is 12.8 Å². The van der Waals surface area contributed by atoms with E-state index in [0.29, 0.717) is 12.7 Å². The molecule has 3 nitrogen and oxygen atoms in total. The van der Waals surface area contributed by atoms with E-state index in [1.807, 2.05) is 6.08 Å². The van der Waals surface area contributed by atoms with Crippen molar-refractivity contribution in [1.29, 1.82) is 0 Å². The molecular weight excluding hydrogens is 168 g/mol. The maximum Gasteiger partial charge on any atom is 0.121 e. The molecule has 2 atom stereocenters. The van der Waals surface area contributed by atoms with Crippen molar-refractivity contribution >= 4 is 0 Å². The summed E-state index contributed by atoms with van der Waals surface area (Å²) in [6.07, 6.45) is 5.93. The highest BCUT2D eigenvalue weighted by Gasteiger charge is 2.52. The van der Waals surface area contributed by atoms with Gasteiger partial charge in [-0.05, 0) is 19.8 Å². The first-order valence-corrected chi connectivity index (χ1v) is 4.68. The molecule has 1 heterocycles. The Kier molecular flexibility index (Phi) is 3.90. The minimum atomic E-state index is -0.0826. The van der Waals surface area contributed by atoms with Crippen LogP contribution in [0.3, 0.4) is 0 Å². The van der Waals surface area contributed by atoms with Gasteiger partial charge in [-0.1, -0.05) is 12.2 Å². The molecule has 0 spiro atoms. The lowest BCUT2D eigenvalue weighted by Gasteiger charge is -2.07. The first-order valence-electron chi connectivity index (χ1n) is 4.68. The van der Waals surface area contributed by atoms with Crippen molar-refractivity contribution < 1.29 is 14.6 Å². The molecule has 1 rings (SSSR count). The Morgan fingerprint density at radius 2 is 2.23 bits per heavy atom. The first-order chi connectivity index (χ1) is 6.25. The van der Waals surface area contributed by atoms with Gasteiger partial charge in [0.15, 0.2) is 0 Å². The molecule has 1 aliphatic rings. The number of hydrogen-bond acceptors (Lipinski definition) is 3. The molecule has 76 valence electrons. The summed E-state index contributed by atoms with van der Waals surface area (Å²) in [6, 6.07) is 0. The van der Waals surface area contributed by atoms with Crippen LogP contribution in [-0.2, 0) is 9.47 Å². The molecule has 0 bridgehead atoms. The lowest BCUT2D eigenvalue weighted by atomic mass is 10.0. The van der Waals surface area contributed by atoms with Crippen LogP contribution in [0, 0.1) is 0 Å². The zero-order valence-electron chi connectivity index (χ0n) is 8.32. The summed E-state index contributed by atoms with van der Waals surface area (Å²) >= 11 is 0. The zero-order valence-corrected chi connectivity index (χ0v) is 8.32. The number of rotatable bonds is 6. The van der Waals surface area contributed by atoms with E-state index >= 15 is 0 Å². The Morgan fingerprint density at radius 1 is 1.54 bits per heavy atom. The monoisotopic (exact) mass is 186 g/mol. The van der Waals surface area contributed by atoms with E-state index in [9.17, 15) is 0 Å². The van der Waals surface area contributed by atoms with Crippen molar-refractivity contribution in [1.82, 2.24) is 0 Å². The fraction of sp³-hybridized carbons (Fsp3) is 0.800. The normalized spacial score (nSPS) is 32.7. The topological polar surface area (TPSA) is 42.0 Å². The number of aliphatic hydroxyl groups excluding tert-OH is 1. The lowest BCUT2D eigenvalue weighted by Crippen LogP contribution is -2.20. The number of aliphatic hydroxyl groups is 1. The molecule has 0 aliphatic carbocycles. The molecule has 0 aromatic carbocycles. The quantitative estimate of drug-likeness (QED) is 0.499. The number of ether oxygens (including phenoxy) is 2. The SMILES string of the molecule is COC[C@@]1(C/C=C/CCO)O[C@H]1C. The summed E-state index contributed by atoms with van der Waals surface area (Å²) in [5, 5.41) is 8.56. The second-order valence-corrected chi connectivity index (χ2v) is 3.45. The first kappa shape index (κ1) is 10.7. The molecule has 3 heteroatoms. The Labute approximate surface area is 79.3 Å². The van der Waals surface area contributed by atoms with Gasteiger partial charge >= 0.3 is 0 Å². The Morgan fingerprint density at radius 3 is 2.69 bits per heavy atom. The zero-order chi connectivity index (χ0) is 9.73. The molecule has 0 aromatic rings. The maximum atomic E-state index is 8.56. The van der Waals surface area contributed by atoms with Crippen LogP contribution in [0.4, 0.5) is 0 Å². The highest BCUT2D eigenvalue weighted by atomic mass is 16.6. The molecule has 13 heavy (non-hydrogen) atoms. The van der Waals surface area contributed by atoms with Crippen LogP contribution < -0.4 is 0 Å². The Hall–Kier alpha value is -0.380. The van der Waals surface area contributed by atoms with Gasteiger partial charge in [-0.3, -0.25) is 0 Å². The smallest absolute Gasteiger partial charge is 0.121 e. The summed E-state index contributed by atoms with van der Waals surface area (Å²) in [4.78, 5) is 0. The van der Waals surface area contributed by atoms with E-state index in [-0.39, 0.29) is 12.2 Å². The summed E-state index contributed by atoms with van der Waals surface area (Å²) in [5.74, 6) is 0. The minimum Gasteiger partial charge on any atom is -0.396 e. The highest BCUT2D eigenvalue weighted by molar-refractivity contribution is 5.05. The summed E-state index contributed by atoms with van der Waals surface area (Å²) < 4.78 is 10.6. The molecular formula is C10H18O3. The second-order valence-electron chi connectivity index (χ2n) is 3.45. The molecule has 0 aromatic heterocycles. The van der Waals surface area contributed by atoms with Crippen LogP contribution in [0.1, 0.15) is 19.8 Å². The van der Waals surface area contributed by atoms with E-state index < -0.39 is 0 Å². The molecule has 0 unspecified atom stereocenters. The van der Waals surface area contributed by atoms with Crippen molar-refractivity contribution in [3.63, 3.8) is 0 Å². The van der Waals surface area contributed by atoms with Gasteiger partial charge in [0.25, 0.3) is 0 Å².